The molecule has 0 aliphatic rings. The quantitative estimate of drug-likeness (QED) is 0.113. The van der Waals surface area contributed by atoms with Crippen LogP contribution in [0.25, 0.3) is 0 Å². The molecule has 0 aliphatic carbocycles. The lowest BCUT2D eigenvalue weighted by Crippen LogP contribution is -2.59. The summed E-state index contributed by atoms with van der Waals surface area (Å²) >= 11 is 0. The number of nitrogens with two attached hydrogens (primary N) is 2. The molecule has 1 rings (SSSR count). The van der Waals surface area contributed by atoms with Crippen molar-refractivity contribution >= 4 is 23.7 Å². The van der Waals surface area contributed by atoms with E-state index in [0.29, 0.717) is 25.1 Å². The van der Waals surface area contributed by atoms with Gasteiger partial charge >= 0.3 is 5.97 Å². The highest BCUT2D eigenvalue weighted by Gasteiger charge is 2.31. The molecular formula is C19H33N7O7. The van der Waals surface area contributed by atoms with E-state index in [2.05, 4.69) is 25.9 Å². The molecule has 1 aromatic rings. The number of carboxylic acid groups (broad SMARTS) is 1. The third-order valence-electron chi connectivity index (χ3n) is 4.81. The molecule has 0 saturated carbocycles. The van der Waals surface area contributed by atoms with Crippen molar-refractivity contribution in [3.8, 4) is 0 Å². The first-order valence-electron chi connectivity index (χ1n) is 10.5. The van der Waals surface area contributed by atoms with Crippen LogP contribution in [0.2, 0.25) is 0 Å². The summed E-state index contributed by atoms with van der Waals surface area (Å²) in [7, 11) is 0. The van der Waals surface area contributed by atoms with Crippen molar-refractivity contribution in [1.82, 2.24) is 25.9 Å². The number of nitrogens with one attached hydrogen (secondary N) is 4. The van der Waals surface area contributed by atoms with Crippen molar-refractivity contribution in [2.75, 3.05) is 13.2 Å². The number of imidazole rings is 1. The van der Waals surface area contributed by atoms with Gasteiger partial charge in [0.05, 0.1) is 19.0 Å². The number of rotatable bonds is 15. The van der Waals surface area contributed by atoms with Gasteiger partial charge in [-0.15, -0.1) is 0 Å². The van der Waals surface area contributed by atoms with Crippen LogP contribution >= 0.6 is 0 Å². The van der Waals surface area contributed by atoms with Crippen LogP contribution in [0.1, 0.15) is 31.9 Å². The number of aliphatic hydroxyl groups is 2. The molecule has 0 radical (unpaired) electrons. The van der Waals surface area contributed by atoms with E-state index in [0.717, 1.165) is 0 Å². The highest BCUT2D eigenvalue weighted by Crippen LogP contribution is 2.04. The van der Waals surface area contributed by atoms with Crippen LogP contribution < -0.4 is 27.4 Å². The van der Waals surface area contributed by atoms with Crippen molar-refractivity contribution in [3.63, 3.8) is 0 Å². The average molecular weight is 472 g/mol. The molecule has 1 aromatic heterocycles. The standard InChI is InChI=1S/C19H33N7O7/c1-10(28)15(21)18(31)25-13(6-11-7-22-9-23-11)16(29)26-14(8-27)17(30)24-12(19(32)33)4-2-3-5-20/h7,9-10,12-15,27-28H,2-6,8,20-21H2,1H3,(H,22,23)(H,24,30)(H,25,31)(H,26,29)(H,32,33). The molecule has 186 valence electrons. The van der Waals surface area contributed by atoms with Crippen LogP contribution in [0.5, 0.6) is 0 Å². The van der Waals surface area contributed by atoms with Crippen LogP contribution in [0.3, 0.4) is 0 Å². The number of carbonyl (C=O) groups excluding carboxylic acids is 3. The second-order valence-corrected chi connectivity index (χ2v) is 7.54. The third kappa shape index (κ3) is 9.53. The Morgan fingerprint density at radius 3 is 2.18 bits per heavy atom. The van der Waals surface area contributed by atoms with E-state index >= 15 is 0 Å². The van der Waals surface area contributed by atoms with Crippen LogP contribution in [0, 0.1) is 0 Å². The van der Waals surface area contributed by atoms with Gasteiger partial charge in [0.25, 0.3) is 0 Å². The van der Waals surface area contributed by atoms with E-state index in [1.54, 1.807) is 0 Å². The van der Waals surface area contributed by atoms with Gasteiger partial charge in [0, 0.05) is 18.3 Å². The van der Waals surface area contributed by atoms with E-state index in [1.165, 1.54) is 19.4 Å². The Balaban J connectivity index is 2.88. The van der Waals surface area contributed by atoms with E-state index in [4.69, 9.17) is 11.5 Å². The van der Waals surface area contributed by atoms with Gasteiger partial charge in [-0.05, 0) is 32.7 Å². The van der Waals surface area contributed by atoms with Gasteiger partial charge in [0.15, 0.2) is 0 Å². The fraction of sp³-hybridized carbons (Fsp3) is 0.632. The van der Waals surface area contributed by atoms with Crippen LogP contribution in [-0.4, -0.2) is 92.4 Å². The largest absolute Gasteiger partial charge is 0.480 e. The molecule has 3 amide bonds. The molecule has 14 nitrogen and oxygen atoms in total. The molecule has 0 aromatic carbocycles. The molecule has 5 atom stereocenters. The Hall–Kier alpha value is -3.07. The number of carbonyl (C=O) groups is 4. The Bertz CT molecular complexity index is 773. The molecule has 0 spiro atoms. The van der Waals surface area contributed by atoms with Crippen LogP contribution in [-0.2, 0) is 25.6 Å². The number of carboxylic acids is 1. The summed E-state index contributed by atoms with van der Waals surface area (Å²) in [4.78, 5) is 55.6. The molecule has 5 unspecified atom stereocenters. The summed E-state index contributed by atoms with van der Waals surface area (Å²) in [5.41, 5.74) is 11.5. The topological polar surface area (TPSA) is 246 Å². The Morgan fingerprint density at radius 2 is 1.67 bits per heavy atom. The summed E-state index contributed by atoms with van der Waals surface area (Å²) in [5.74, 6) is -3.81. The van der Waals surface area contributed by atoms with E-state index in [-0.39, 0.29) is 12.8 Å². The smallest absolute Gasteiger partial charge is 0.326 e. The maximum Gasteiger partial charge on any atom is 0.326 e. The van der Waals surface area contributed by atoms with Gasteiger partial charge in [-0.25, -0.2) is 9.78 Å². The summed E-state index contributed by atoms with van der Waals surface area (Å²) < 4.78 is 0. The first-order chi connectivity index (χ1) is 15.6. The second-order valence-electron chi connectivity index (χ2n) is 7.54. The van der Waals surface area contributed by atoms with Crippen molar-refractivity contribution in [2.24, 2.45) is 11.5 Å². The summed E-state index contributed by atoms with van der Waals surface area (Å²) in [6.07, 6.45) is 2.73. The molecule has 14 heteroatoms. The maximum absolute atomic E-state index is 12.8. The SMILES string of the molecule is CC(O)C(N)C(=O)NC(Cc1cnc[nH]1)C(=O)NC(CO)C(=O)NC(CCCCN)C(=O)O. The van der Waals surface area contributed by atoms with Gasteiger partial charge in [0.1, 0.15) is 24.2 Å². The minimum absolute atomic E-state index is 0.0549. The molecule has 0 saturated heterocycles. The molecule has 1 heterocycles. The fourth-order valence-electron chi connectivity index (χ4n) is 2.80. The average Bonchev–Trinajstić information content (AvgIpc) is 3.28. The van der Waals surface area contributed by atoms with E-state index in [9.17, 15) is 34.5 Å². The summed E-state index contributed by atoms with van der Waals surface area (Å²) in [6, 6.07) is -5.23. The number of nitrogens with zero attached hydrogens (tertiary/aromatic N) is 1. The van der Waals surface area contributed by atoms with Crippen molar-refractivity contribution in [1.29, 1.82) is 0 Å². The second kappa shape index (κ2) is 14.2. The zero-order valence-corrected chi connectivity index (χ0v) is 18.4. The van der Waals surface area contributed by atoms with Crippen molar-refractivity contribution in [3.05, 3.63) is 18.2 Å². The zero-order chi connectivity index (χ0) is 25.0. The molecule has 0 aliphatic heterocycles. The van der Waals surface area contributed by atoms with Gasteiger partial charge in [-0.2, -0.15) is 0 Å². The minimum Gasteiger partial charge on any atom is -0.480 e. The zero-order valence-electron chi connectivity index (χ0n) is 18.4. The maximum atomic E-state index is 12.8. The number of hydrogen-bond donors (Lipinski definition) is 9. The minimum atomic E-state index is -1.47. The van der Waals surface area contributed by atoms with Crippen LogP contribution in [0.15, 0.2) is 12.5 Å². The highest BCUT2D eigenvalue weighted by atomic mass is 16.4. The number of H-pyrrole nitrogens is 1. The normalized spacial score (nSPS) is 15.5. The Kier molecular flexibility index (Phi) is 12.0. The van der Waals surface area contributed by atoms with Crippen molar-refractivity contribution < 1.29 is 34.5 Å². The highest BCUT2D eigenvalue weighted by molar-refractivity contribution is 5.94. The van der Waals surface area contributed by atoms with Gasteiger partial charge in [0.2, 0.25) is 17.7 Å². The first-order valence-corrected chi connectivity index (χ1v) is 10.5. The molecule has 0 fully saturated rings. The molecule has 11 N–H and O–H groups in total. The number of aromatic nitrogens is 2. The lowest BCUT2D eigenvalue weighted by Gasteiger charge is -2.24. The number of unbranched alkanes of at least 4 members (excludes halogenated alkanes) is 1. The molecule has 33 heavy (non-hydrogen) atoms. The number of amides is 3. The van der Waals surface area contributed by atoms with E-state index < -0.39 is 60.6 Å². The predicted octanol–water partition coefficient (Wildman–Crippen LogP) is -3.68. The number of aliphatic carboxylic acids is 1. The Labute approximate surface area is 190 Å². The Morgan fingerprint density at radius 1 is 1.06 bits per heavy atom. The van der Waals surface area contributed by atoms with E-state index in [1.807, 2.05) is 0 Å². The predicted molar refractivity (Wildman–Crippen MR) is 115 cm³/mol. The summed E-state index contributed by atoms with van der Waals surface area (Å²) in [5, 5.41) is 35.4. The first kappa shape index (κ1) is 28.0. The monoisotopic (exact) mass is 471 g/mol. The van der Waals surface area contributed by atoms with Gasteiger partial charge < -0.3 is 47.7 Å². The number of aromatic amines is 1. The van der Waals surface area contributed by atoms with Crippen LogP contribution in [0.4, 0.5) is 0 Å². The molecular weight excluding hydrogens is 438 g/mol. The fourth-order valence-corrected chi connectivity index (χ4v) is 2.80. The number of hydrogen-bond acceptors (Lipinski definition) is 9. The summed E-state index contributed by atoms with van der Waals surface area (Å²) in [6.45, 7) is 0.870. The molecule has 0 bridgehead atoms. The lowest BCUT2D eigenvalue weighted by molar-refractivity contribution is -0.142. The van der Waals surface area contributed by atoms with Gasteiger partial charge in [-0.1, -0.05) is 0 Å². The third-order valence-corrected chi connectivity index (χ3v) is 4.81. The van der Waals surface area contributed by atoms with Crippen molar-refractivity contribution in [2.45, 2.75) is 62.9 Å². The van der Waals surface area contributed by atoms with Gasteiger partial charge in [-0.3, -0.25) is 14.4 Å². The number of aliphatic hydroxyl groups excluding tert-OH is 2. The lowest BCUT2D eigenvalue weighted by atomic mass is 10.1.